The van der Waals surface area contributed by atoms with Crippen molar-refractivity contribution in [3.8, 4) is 5.75 Å². The zero-order valence-corrected chi connectivity index (χ0v) is 17.7. The van der Waals surface area contributed by atoms with Crippen molar-refractivity contribution in [2.24, 2.45) is 5.10 Å². The number of nitrogens with one attached hydrogen (secondary N) is 2. The number of methoxy groups -OCH3 is 1. The van der Waals surface area contributed by atoms with Crippen LogP contribution in [0.5, 0.6) is 5.75 Å². The molecule has 31 heavy (non-hydrogen) atoms. The average Bonchev–Trinajstić information content (AvgIpc) is 3.07. The topological polar surface area (TPSA) is 79.8 Å². The van der Waals surface area contributed by atoms with E-state index in [0.717, 1.165) is 4.70 Å². The number of benzene rings is 2. The van der Waals surface area contributed by atoms with Gasteiger partial charge in [-0.15, -0.1) is 11.3 Å². The van der Waals surface area contributed by atoms with Gasteiger partial charge in [0.1, 0.15) is 10.6 Å². The molecule has 0 aliphatic rings. The van der Waals surface area contributed by atoms with Gasteiger partial charge in [0.2, 0.25) is 0 Å². The number of ether oxygens (including phenoxy) is 1. The van der Waals surface area contributed by atoms with Crippen molar-refractivity contribution in [2.45, 2.75) is 13.1 Å². The second kappa shape index (κ2) is 8.94. The van der Waals surface area contributed by atoms with Crippen LogP contribution in [0.4, 0.5) is 18.9 Å². The molecule has 0 aliphatic heterocycles. The summed E-state index contributed by atoms with van der Waals surface area (Å²) in [5, 5.41) is 6.74. The molecule has 0 bridgehead atoms. The molecule has 2 N–H and O–H groups in total. The van der Waals surface area contributed by atoms with E-state index >= 15 is 0 Å². The number of carbonyl (C=O) groups is 2. The van der Waals surface area contributed by atoms with Gasteiger partial charge in [-0.25, -0.2) is 5.43 Å². The minimum Gasteiger partial charge on any atom is -0.497 e. The smallest absolute Gasteiger partial charge is 0.471 e. The number of nitrogens with zero attached hydrogens (tertiary/aromatic N) is 1. The molecule has 3 aromatic rings. The van der Waals surface area contributed by atoms with Crippen LogP contribution < -0.4 is 15.5 Å². The fraction of sp³-hybridized carbons (Fsp3) is 0.150. The molecule has 0 unspecified atom stereocenters. The Labute approximate surface area is 183 Å². The number of anilines is 1. The molecule has 0 spiro atoms. The molecule has 0 saturated carbocycles. The third-order valence-electron chi connectivity index (χ3n) is 4.16. The fourth-order valence-electron chi connectivity index (χ4n) is 2.59. The molecule has 2 amide bonds. The maximum atomic E-state index is 12.5. The van der Waals surface area contributed by atoms with E-state index in [1.54, 1.807) is 36.5 Å². The van der Waals surface area contributed by atoms with Gasteiger partial charge in [0, 0.05) is 15.8 Å². The monoisotopic (exact) mass is 469 g/mol. The molecule has 1 heterocycles. The first kappa shape index (κ1) is 22.6. The fourth-order valence-corrected chi connectivity index (χ4v) is 4.03. The van der Waals surface area contributed by atoms with E-state index in [9.17, 15) is 22.8 Å². The number of halogens is 4. The Morgan fingerprint density at radius 3 is 2.58 bits per heavy atom. The Kier molecular flexibility index (Phi) is 6.51. The van der Waals surface area contributed by atoms with Crippen molar-refractivity contribution < 1.29 is 27.5 Å². The zero-order valence-electron chi connectivity index (χ0n) is 16.1. The van der Waals surface area contributed by atoms with Crippen molar-refractivity contribution in [3.63, 3.8) is 0 Å². The van der Waals surface area contributed by atoms with Crippen LogP contribution in [0.15, 0.2) is 47.6 Å². The molecule has 0 saturated heterocycles. The lowest BCUT2D eigenvalue weighted by molar-refractivity contribution is -0.167. The summed E-state index contributed by atoms with van der Waals surface area (Å²) in [4.78, 5) is 23.9. The summed E-state index contributed by atoms with van der Waals surface area (Å²) < 4.78 is 43.2. The third-order valence-corrected chi connectivity index (χ3v) is 5.82. The lowest BCUT2D eigenvalue weighted by atomic mass is 10.1. The van der Waals surface area contributed by atoms with Crippen LogP contribution in [0.1, 0.15) is 22.2 Å². The molecule has 2 aromatic carbocycles. The molecule has 3 rings (SSSR count). The lowest BCUT2D eigenvalue weighted by Gasteiger charge is -2.09. The number of fused-ring (bicyclic) bond motifs is 1. The summed E-state index contributed by atoms with van der Waals surface area (Å²) in [6.45, 7) is 1.56. The summed E-state index contributed by atoms with van der Waals surface area (Å²) in [6.07, 6.45) is -5.00. The van der Waals surface area contributed by atoms with E-state index in [1.807, 2.05) is 0 Å². The Morgan fingerprint density at radius 2 is 1.90 bits per heavy atom. The number of hydrazone groups is 1. The first-order valence-corrected chi connectivity index (χ1v) is 9.89. The van der Waals surface area contributed by atoms with Crippen LogP contribution in [0, 0.1) is 0 Å². The van der Waals surface area contributed by atoms with Gasteiger partial charge in [0.25, 0.3) is 5.91 Å². The number of rotatable bonds is 5. The number of amides is 2. The van der Waals surface area contributed by atoms with Crippen LogP contribution in [0.3, 0.4) is 0 Å². The highest BCUT2D eigenvalue weighted by Gasteiger charge is 2.38. The largest absolute Gasteiger partial charge is 0.497 e. The maximum absolute atomic E-state index is 12.5. The average molecular weight is 470 g/mol. The van der Waals surface area contributed by atoms with Crippen LogP contribution in [-0.2, 0) is 4.79 Å². The maximum Gasteiger partial charge on any atom is 0.471 e. The van der Waals surface area contributed by atoms with E-state index in [1.165, 1.54) is 36.6 Å². The molecule has 0 fully saturated rings. The van der Waals surface area contributed by atoms with E-state index < -0.39 is 18.0 Å². The summed E-state index contributed by atoms with van der Waals surface area (Å²) >= 11 is 7.49. The summed E-state index contributed by atoms with van der Waals surface area (Å²) in [7, 11) is 1.53. The Hall–Kier alpha value is -3.11. The highest BCUT2D eigenvalue weighted by Crippen LogP contribution is 2.37. The normalized spacial score (nSPS) is 12.0. The molecule has 162 valence electrons. The summed E-state index contributed by atoms with van der Waals surface area (Å²) in [5.41, 5.74) is 3.06. The van der Waals surface area contributed by atoms with Gasteiger partial charge in [-0.1, -0.05) is 23.7 Å². The quantitative estimate of drug-likeness (QED) is 0.397. The molecular formula is C20H15ClF3N3O3S. The number of hydrogen-bond donors (Lipinski definition) is 2. The van der Waals surface area contributed by atoms with Crippen molar-refractivity contribution in [3.05, 3.63) is 57.9 Å². The second-order valence-electron chi connectivity index (χ2n) is 6.28. The minimum absolute atomic E-state index is 0.0535. The summed E-state index contributed by atoms with van der Waals surface area (Å²) in [6, 6.07) is 10.9. The highest BCUT2D eigenvalue weighted by atomic mass is 35.5. The van der Waals surface area contributed by atoms with Gasteiger partial charge in [0.05, 0.1) is 17.8 Å². The van der Waals surface area contributed by atoms with Gasteiger partial charge < -0.3 is 10.1 Å². The van der Waals surface area contributed by atoms with Crippen LogP contribution in [0.2, 0.25) is 5.02 Å². The molecule has 6 nitrogen and oxygen atoms in total. The predicted molar refractivity (Wildman–Crippen MR) is 114 cm³/mol. The van der Waals surface area contributed by atoms with E-state index in [4.69, 9.17) is 16.3 Å². The second-order valence-corrected chi connectivity index (χ2v) is 7.71. The molecular weight excluding hydrogens is 455 g/mol. The highest BCUT2D eigenvalue weighted by molar-refractivity contribution is 7.21. The number of thiophene rings is 1. The molecule has 0 radical (unpaired) electrons. The molecule has 0 atom stereocenters. The zero-order chi connectivity index (χ0) is 22.8. The van der Waals surface area contributed by atoms with Crippen LogP contribution in [0.25, 0.3) is 10.1 Å². The Balaban J connectivity index is 1.77. The van der Waals surface area contributed by atoms with Gasteiger partial charge >= 0.3 is 12.1 Å². The van der Waals surface area contributed by atoms with Crippen molar-refractivity contribution in [1.29, 1.82) is 0 Å². The van der Waals surface area contributed by atoms with Gasteiger partial charge in [-0.2, -0.15) is 18.3 Å². The van der Waals surface area contributed by atoms with E-state index in [-0.39, 0.29) is 15.6 Å². The summed E-state index contributed by atoms with van der Waals surface area (Å²) in [5.74, 6) is -1.99. The molecule has 11 heteroatoms. The first-order chi connectivity index (χ1) is 14.6. The molecule has 0 aliphatic carbocycles. The third kappa shape index (κ3) is 5.15. The lowest BCUT2D eigenvalue weighted by Crippen LogP contribution is -2.29. The standard InChI is InChI=1S/C20H15ClF3N3O3S/c1-10(11-4-3-5-12(8-11)25-19(29)20(22,23)24)26-27-18(28)17-16(21)14-7-6-13(30-2)9-15(14)31-17/h3-9H,1-2H3,(H,25,29)(H,27,28). The van der Waals surface area contributed by atoms with Gasteiger partial charge in [-0.3, -0.25) is 9.59 Å². The predicted octanol–water partition coefficient (Wildman–Crippen LogP) is 5.22. The van der Waals surface area contributed by atoms with Crippen molar-refractivity contribution in [2.75, 3.05) is 12.4 Å². The Morgan fingerprint density at radius 1 is 1.16 bits per heavy atom. The number of alkyl halides is 3. The van der Waals surface area contributed by atoms with Crippen molar-refractivity contribution in [1.82, 2.24) is 5.43 Å². The van der Waals surface area contributed by atoms with Crippen LogP contribution in [-0.4, -0.2) is 30.8 Å². The van der Waals surface area contributed by atoms with Crippen LogP contribution >= 0.6 is 22.9 Å². The van der Waals surface area contributed by atoms with Crippen molar-refractivity contribution >= 4 is 56.2 Å². The number of hydrogen-bond acceptors (Lipinski definition) is 5. The molecule has 1 aromatic heterocycles. The minimum atomic E-state index is -5.00. The van der Waals surface area contributed by atoms with Gasteiger partial charge in [0.15, 0.2) is 0 Å². The van der Waals surface area contributed by atoms with Gasteiger partial charge in [-0.05, 0) is 42.8 Å². The van der Waals surface area contributed by atoms with E-state index in [2.05, 4.69) is 10.5 Å². The van der Waals surface area contributed by atoms with E-state index in [0.29, 0.717) is 22.4 Å². The SMILES string of the molecule is COc1ccc2c(Cl)c(C(=O)NN=C(C)c3cccc(NC(=O)C(F)(F)F)c3)sc2c1. The first-order valence-electron chi connectivity index (χ1n) is 8.69. The number of carbonyl (C=O) groups excluding carboxylic acids is 2. The Bertz CT molecular complexity index is 1190.